The molecule has 2 heterocycles. The fourth-order valence-electron chi connectivity index (χ4n) is 2.73. The Morgan fingerprint density at radius 1 is 1.08 bits per heavy atom. The highest BCUT2D eigenvalue weighted by molar-refractivity contribution is 7.99. The lowest BCUT2D eigenvalue weighted by atomic mass is 10.1. The lowest BCUT2D eigenvalue weighted by Gasteiger charge is -2.34. The monoisotopic (exact) mass is 355 g/mol. The number of nitrogens with zero attached hydrogens (tertiary/aromatic N) is 3. The Hall–Kier alpha value is -2.34. The van der Waals surface area contributed by atoms with Gasteiger partial charge in [-0.1, -0.05) is 48.2 Å². The SMILES string of the molecule is O=C1CN(C(=O)CSc2ccccn2)CCN1CCc1ccccc1. The smallest absolute Gasteiger partial charge is 0.242 e. The maximum absolute atomic E-state index is 12.3. The first-order valence-electron chi connectivity index (χ1n) is 8.35. The van der Waals surface area contributed by atoms with Crippen LogP contribution in [0.3, 0.4) is 0 Å². The van der Waals surface area contributed by atoms with Crippen LogP contribution in [0.2, 0.25) is 0 Å². The third kappa shape index (κ3) is 5.06. The van der Waals surface area contributed by atoms with Gasteiger partial charge >= 0.3 is 0 Å². The van der Waals surface area contributed by atoms with Crippen molar-refractivity contribution >= 4 is 23.6 Å². The normalized spacial score (nSPS) is 14.6. The summed E-state index contributed by atoms with van der Waals surface area (Å²) in [5.74, 6) is 0.332. The zero-order valence-corrected chi connectivity index (χ0v) is 14.8. The van der Waals surface area contributed by atoms with Crippen molar-refractivity contribution in [1.82, 2.24) is 14.8 Å². The molecule has 6 heteroatoms. The van der Waals surface area contributed by atoms with Gasteiger partial charge in [0.05, 0.1) is 17.3 Å². The van der Waals surface area contributed by atoms with Crippen molar-refractivity contribution in [3.8, 4) is 0 Å². The molecule has 1 aliphatic heterocycles. The molecule has 0 unspecified atom stereocenters. The van der Waals surface area contributed by atoms with Crippen LogP contribution in [0.5, 0.6) is 0 Å². The molecule has 1 fully saturated rings. The van der Waals surface area contributed by atoms with E-state index in [-0.39, 0.29) is 18.4 Å². The molecule has 0 saturated carbocycles. The summed E-state index contributed by atoms with van der Waals surface area (Å²) in [6.45, 7) is 2.08. The summed E-state index contributed by atoms with van der Waals surface area (Å²) in [5.41, 5.74) is 1.22. The van der Waals surface area contributed by atoms with Crippen LogP contribution >= 0.6 is 11.8 Å². The van der Waals surface area contributed by atoms with Gasteiger partial charge < -0.3 is 9.80 Å². The number of amides is 2. The molecule has 1 aromatic carbocycles. The second kappa shape index (κ2) is 8.67. The van der Waals surface area contributed by atoms with Crippen LogP contribution in [-0.4, -0.2) is 58.5 Å². The van der Waals surface area contributed by atoms with Crippen molar-refractivity contribution in [2.45, 2.75) is 11.4 Å². The number of hydrogen-bond donors (Lipinski definition) is 0. The van der Waals surface area contributed by atoms with Crippen LogP contribution in [0.1, 0.15) is 5.56 Å². The number of rotatable bonds is 6. The number of carbonyl (C=O) groups excluding carboxylic acids is 2. The molecule has 25 heavy (non-hydrogen) atoms. The molecule has 0 N–H and O–H groups in total. The Balaban J connectivity index is 1.44. The maximum Gasteiger partial charge on any atom is 0.242 e. The van der Waals surface area contributed by atoms with Crippen LogP contribution in [0.25, 0.3) is 0 Å². The summed E-state index contributed by atoms with van der Waals surface area (Å²) >= 11 is 1.40. The lowest BCUT2D eigenvalue weighted by Crippen LogP contribution is -2.53. The number of aromatic nitrogens is 1. The molecule has 5 nitrogen and oxygen atoms in total. The van der Waals surface area contributed by atoms with E-state index in [0.717, 1.165) is 11.4 Å². The zero-order chi connectivity index (χ0) is 17.5. The maximum atomic E-state index is 12.3. The van der Waals surface area contributed by atoms with Gasteiger partial charge in [0.2, 0.25) is 11.8 Å². The minimum absolute atomic E-state index is 0.00767. The second-order valence-electron chi connectivity index (χ2n) is 5.89. The van der Waals surface area contributed by atoms with Gasteiger partial charge in [0, 0.05) is 25.8 Å². The van der Waals surface area contributed by atoms with Crippen molar-refractivity contribution < 1.29 is 9.59 Å². The van der Waals surface area contributed by atoms with Crippen molar-refractivity contribution in [2.75, 3.05) is 31.9 Å². The molecule has 2 aromatic rings. The fraction of sp³-hybridized carbons (Fsp3) is 0.316. The second-order valence-corrected chi connectivity index (χ2v) is 6.88. The molecule has 1 saturated heterocycles. The first kappa shape index (κ1) is 17.5. The molecular weight excluding hydrogens is 334 g/mol. The molecule has 0 spiro atoms. The van der Waals surface area contributed by atoms with Crippen molar-refractivity contribution in [3.05, 3.63) is 60.3 Å². The van der Waals surface area contributed by atoms with Gasteiger partial charge in [-0.25, -0.2) is 4.98 Å². The lowest BCUT2D eigenvalue weighted by molar-refractivity contribution is -0.143. The van der Waals surface area contributed by atoms with E-state index in [4.69, 9.17) is 0 Å². The number of pyridine rings is 1. The predicted molar refractivity (Wildman–Crippen MR) is 98.3 cm³/mol. The Morgan fingerprint density at radius 2 is 1.88 bits per heavy atom. The molecule has 1 aliphatic rings. The predicted octanol–water partition coefficient (Wildman–Crippen LogP) is 2.09. The van der Waals surface area contributed by atoms with E-state index in [9.17, 15) is 9.59 Å². The zero-order valence-electron chi connectivity index (χ0n) is 14.0. The summed E-state index contributed by atoms with van der Waals surface area (Å²) < 4.78 is 0. The molecule has 1 aromatic heterocycles. The molecule has 2 amide bonds. The fourth-order valence-corrected chi connectivity index (χ4v) is 3.49. The number of thioether (sulfide) groups is 1. The average Bonchev–Trinajstić information content (AvgIpc) is 2.66. The topological polar surface area (TPSA) is 53.5 Å². The van der Waals surface area contributed by atoms with Gasteiger partial charge in [-0.3, -0.25) is 9.59 Å². The van der Waals surface area contributed by atoms with Crippen molar-refractivity contribution in [3.63, 3.8) is 0 Å². The summed E-state index contributed by atoms with van der Waals surface area (Å²) in [6, 6.07) is 15.8. The van der Waals surface area contributed by atoms with Crippen LogP contribution in [-0.2, 0) is 16.0 Å². The quantitative estimate of drug-likeness (QED) is 0.745. The van der Waals surface area contributed by atoms with E-state index in [2.05, 4.69) is 17.1 Å². The highest BCUT2D eigenvalue weighted by atomic mass is 32.2. The molecule has 0 aliphatic carbocycles. The average molecular weight is 355 g/mol. The van der Waals surface area contributed by atoms with E-state index in [1.54, 1.807) is 11.1 Å². The van der Waals surface area contributed by atoms with Crippen LogP contribution in [0.15, 0.2) is 59.8 Å². The Kier molecular flexibility index (Phi) is 6.06. The molecule has 0 atom stereocenters. The third-order valence-corrected chi connectivity index (χ3v) is 5.09. The van der Waals surface area contributed by atoms with Crippen LogP contribution in [0.4, 0.5) is 0 Å². The van der Waals surface area contributed by atoms with E-state index < -0.39 is 0 Å². The molecule has 130 valence electrons. The first-order chi connectivity index (χ1) is 12.2. The highest BCUT2D eigenvalue weighted by Crippen LogP contribution is 2.15. The molecule has 0 radical (unpaired) electrons. The minimum Gasteiger partial charge on any atom is -0.339 e. The molecular formula is C19H21N3O2S. The molecule has 0 bridgehead atoms. The van der Waals surface area contributed by atoms with Gasteiger partial charge in [0.15, 0.2) is 0 Å². The Bertz CT molecular complexity index is 709. The number of benzene rings is 1. The van der Waals surface area contributed by atoms with Gasteiger partial charge in [-0.05, 0) is 24.1 Å². The number of hydrogen-bond acceptors (Lipinski definition) is 4. The number of piperazine rings is 1. The summed E-state index contributed by atoms with van der Waals surface area (Å²) in [5, 5.41) is 0.823. The Morgan fingerprint density at radius 3 is 2.60 bits per heavy atom. The summed E-state index contributed by atoms with van der Waals surface area (Å²) in [7, 11) is 0. The van der Waals surface area contributed by atoms with E-state index >= 15 is 0 Å². The van der Waals surface area contributed by atoms with Crippen LogP contribution in [0, 0.1) is 0 Å². The largest absolute Gasteiger partial charge is 0.339 e. The molecule has 3 rings (SSSR count). The van der Waals surface area contributed by atoms with Gasteiger partial charge in [0.25, 0.3) is 0 Å². The van der Waals surface area contributed by atoms with Crippen molar-refractivity contribution in [2.24, 2.45) is 0 Å². The van der Waals surface area contributed by atoms with Crippen molar-refractivity contribution in [1.29, 1.82) is 0 Å². The summed E-state index contributed by atoms with van der Waals surface area (Å²) in [4.78, 5) is 32.3. The third-order valence-electron chi connectivity index (χ3n) is 4.17. The van der Waals surface area contributed by atoms with E-state index in [1.165, 1.54) is 17.3 Å². The van der Waals surface area contributed by atoms with E-state index in [0.29, 0.717) is 25.4 Å². The van der Waals surface area contributed by atoms with Gasteiger partial charge in [-0.2, -0.15) is 0 Å². The van der Waals surface area contributed by atoms with E-state index in [1.807, 2.05) is 41.3 Å². The first-order valence-corrected chi connectivity index (χ1v) is 9.34. The standard InChI is InChI=1S/C19H21N3O2S/c23-18-14-22(19(24)15-25-17-8-4-5-10-20-17)13-12-21(18)11-9-16-6-2-1-3-7-16/h1-8,10H,9,11-15H2. The van der Waals surface area contributed by atoms with Crippen LogP contribution < -0.4 is 0 Å². The summed E-state index contributed by atoms with van der Waals surface area (Å²) in [6.07, 6.45) is 2.55. The van der Waals surface area contributed by atoms with Gasteiger partial charge in [-0.15, -0.1) is 0 Å². The minimum atomic E-state index is -0.00767. The Labute approximate surface area is 152 Å². The van der Waals surface area contributed by atoms with Gasteiger partial charge in [0.1, 0.15) is 0 Å². The highest BCUT2D eigenvalue weighted by Gasteiger charge is 2.26. The number of carbonyl (C=O) groups is 2.